The van der Waals surface area contributed by atoms with Gasteiger partial charge in [0.1, 0.15) is 11.5 Å². The minimum absolute atomic E-state index is 0.181. The fourth-order valence-corrected chi connectivity index (χ4v) is 3.81. The van der Waals surface area contributed by atoms with Crippen LogP contribution in [-0.2, 0) is 4.79 Å². The second kappa shape index (κ2) is 9.09. The lowest BCUT2D eigenvalue weighted by Crippen LogP contribution is -2.20. The molecule has 0 saturated heterocycles. The molecule has 0 fully saturated rings. The number of carbonyl (C=O) groups is 1. The van der Waals surface area contributed by atoms with Gasteiger partial charge in [-0.05, 0) is 46.0 Å². The molecule has 0 aromatic heterocycles. The largest absolute Gasteiger partial charge is 0.493 e. The van der Waals surface area contributed by atoms with Crippen molar-refractivity contribution in [1.29, 1.82) is 0 Å². The second-order valence-electron chi connectivity index (χ2n) is 8.11. The molecule has 0 aliphatic rings. The molecule has 0 saturated carbocycles. The number of primary amides is 1. The lowest BCUT2D eigenvalue weighted by Gasteiger charge is -2.19. The lowest BCUT2D eigenvalue weighted by atomic mass is 9.92. The number of benzene rings is 4. The first-order valence-electron chi connectivity index (χ1n) is 10.6. The molecule has 0 spiro atoms. The second-order valence-corrected chi connectivity index (χ2v) is 8.11. The van der Waals surface area contributed by atoms with Crippen molar-refractivity contribution in [3.63, 3.8) is 0 Å². The number of carbonyl (C=O) groups excluding carboxylic acids is 1. The van der Waals surface area contributed by atoms with E-state index in [1.54, 1.807) is 0 Å². The quantitative estimate of drug-likeness (QED) is 0.388. The molecular formula is C27H27NO3. The maximum Gasteiger partial charge on any atom is 0.255 e. The van der Waals surface area contributed by atoms with E-state index in [2.05, 4.69) is 44.2 Å². The number of hydrogen-bond acceptors (Lipinski definition) is 3. The fraction of sp³-hybridized carbons (Fsp3) is 0.222. The zero-order valence-electron chi connectivity index (χ0n) is 17.9. The predicted molar refractivity (Wildman–Crippen MR) is 127 cm³/mol. The Morgan fingerprint density at radius 2 is 1.29 bits per heavy atom. The summed E-state index contributed by atoms with van der Waals surface area (Å²) in [6.07, 6.45) is 0.965. The molecule has 0 heterocycles. The Morgan fingerprint density at radius 3 is 1.81 bits per heavy atom. The van der Waals surface area contributed by atoms with E-state index in [9.17, 15) is 4.79 Å². The van der Waals surface area contributed by atoms with Crippen molar-refractivity contribution in [2.24, 2.45) is 11.7 Å². The third-order valence-corrected chi connectivity index (χ3v) is 5.35. The molecule has 1 amide bonds. The van der Waals surface area contributed by atoms with E-state index < -0.39 is 5.91 Å². The number of hydrogen-bond donors (Lipinski definition) is 1. The first kappa shape index (κ1) is 20.7. The number of fused-ring (bicyclic) bond motifs is 2. The molecule has 4 aromatic rings. The number of nitrogens with two attached hydrogens (primary N) is 1. The summed E-state index contributed by atoms with van der Waals surface area (Å²) in [6.45, 7) is 4.82. The minimum atomic E-state index is -0.509. The molecule has 4 nitrogen and oxygen atoms in total. The van der Waals surface area contributed by atoms with Crippen LogP contribution in [0.15, 0.2) is 72.8 Å². The SMILES string of the molecule is CC(C)CCOc1ccc2ccccc2c1-c1c(OCC(N)=O)ccc2ccccc12. The molecule has 4 aromatic carbocycles. The third-order valence-electron chi connectivity index (χ3n) is 5.35. The maximum absolute atomic E-state index is 11.4. The summed E-state index contributed by atoms with van der Waals surface area (Å²) in [5.41, 5.74) is 7.25. The van der Waals surface area contributed by atoms with Crippen LogP contribution in [0.5, 0.6) is 11.5 Å². The summed E-state index contributed by atoms with van der Waals surface area (Å²) in [7, 11) is 0. The van der Waals surface area contributed by atoms with E-state index in [1.165, 1.54) is 0 Å². The Balaban J connectivity index is 1.98. The van der Waals surface area contributed by atoms with Crippen molar-refractivity contribution < 1.29 is 14.3 Å². The average molecular weight is 414 g/mol. The van der Waals surface area contributed by atoms with Crippen molar-refractivity contribution in [2.45, 2.75) is 20.3 Å². The van der Waals surface area contributed by atoms with Crippen LogP contribution in [0.2, 0.25) is 0 Å². The molecule has 0 atom stereocenters. The minimum Gasteiger partial charge on any atom is -0.493 e. The van der Waals surface area contributed by atoms with E-state index in [1.807, 2.05) is 42.5 Å². The van der Waals surface area contributed by atoms with Gasteiger partial charge in [0.05, 0.1) is 6.61 Å². The molecule has 0 radical (unpaired) electrons. The lowest BCUT2D eigenvalue weighted by molar-refractivity contribution is -0.119. The van der Waals surface area contributed by atoms with Gasteiger partial charge in [0.25, 0.3) is 5.91 Å². The van der Waals surface area contributed by atoms with Gasteiger partial charge in [0.2, 0.25) is 0 Å². The van der Waals surface area contributed by atoms with Gasteiger partial charge in [-0.15, -0.1) is 0 Å². The highest BCUT2D eigenvalue weighted by atomic mass is 16.5. The summed E-state index contributed by atoms with van der Waals surface area (Å²) in [4.78, 5) is 11.4. The first-order valence-corrected chi connectivity index (χ1v) is 10.6. The Morgan fingerprint density at radius 1 is 0.774 bits per heavy atom. The van der Waals surface area contributed by atoms with Crippen molar-refractivity contribution >= 4 is 27.5 Å². The van der Waals surface area contributed by atoms with Crippen LogP contribution in [0.25, 0.3) is 32.7 Å². The van der Waals surface area contributed by atoms with Gasteiger partial charge in [-0.3, -0.25) is 4.79 Å². The van der Waals surface area contributed by atoms with Gasteiger partial charge < -0.3 is 15.2 Å². The van der Waals surface area contributed by atoms with Crippen molar-refractivity contribution in [3.8, 4) is 22.6 Å². The number of rotatable bonds is 8. The summed E-state index contributed by atoms with van der Waals surface area (Å²) in [5, 5.41) is 4.31. The Hall–Kier alpha value is -3.53. The highest BCUT2D eigenvalue weighted by molar-refractivity contribution is 6.09. The molecule has 4 rings (SSSR count). The molecule has 2 N–H and O–H groups in total. The highest BCUT2D eigenvalue weighted by Crippen LogP contribution is 2.45. The summed E-state index contributed by atoms with van der Waals surface area (Å²) in [5.74, 6) is 1.46. The van der Waals surface area contributed by atoms with Crippen LogP contribution in [0.3, 0.4) is 0 Å². The number of amides is 1. The Labute approximate surface area is 182 Å². The molecule has 0 bridgehead atoms. The van der Waals surface area contributed by atoms with Gasteiger partial charge in [-0.2, -0.15) is 0 Å². The fourth-order valence-electron chi connectivity index (χ4n) is 3.81. The van der Waals surface area contributed by atoms with E-state index in [0.29, 0.717) is 18.3 Å². The van der Waals surface area contributed by atoms with Gasteiger partial charge in [-0.1, -0.05) is 74.5 Å². The van der Waals surface area contributed by atoms with E-state index in [-0.39, 0.29) is 6.61 Å². The molecule has 31 heavy (non-hydrogen) atoms. The zero-order valence-corrected chi connectivity index (χ0v) is 17.9. The van der Waals surface area contributed by atoms with Crippen LogP contribution in [0, 0.1) is 5.92 Å². The summed E-state index contributed by atoms with van der Waals surface area (Å²) >= 11 is 0. The van der Waals surface area contributed by atoms with Gasteiger partial charge in [0.15, 0.2) is 6.61 Å². The smallest absolute Gasteiger partial charge is 0.255 e. The topological polar surface area (TPSA) is 61.6 Å². The molecule has 0 unspecified atom stereocenters. The normalized spacial score (nSPS) is 11.2. The summed E-state index contributed by atoms with van der Waals surface area (Å²) in [6, 6.07) is 24.4. The van der Waals surface area contributed by atoms with E-state index in [0.717, 1.165) is 44.8 Å². The predicted octanol–water partition coefficient (Wildman–Crippen LogP) is 5.95. The molecule has 0 aliphatic heterocycles. The van der Waals surface area contributed by atoms with Crippen LogP contribution in [0.4, 0.5) is 0 Å². The number of ether oxygens (including phenoxy) is 2. The molecule has 158 valence electrons. The van der Waals surface area contributed by atoms with Crippen LogP contribution < -0.4 is 15.2 Å². The van der Waals surface area contributed by atoms with E-state index in [4.69, 9.17) is 15.2 Å². The Kier molecular flexibility index (Phi) is 6.08. The standard InChI is InChI=1S/C27H27NO3/c1-18(2)15-16-30-23-13-11-19-7-3-5-9-21(19)26(23)27-22-10-6-4-8-20(22)12-14-24(27)31-17-25(28)29/h3-14,18H,15-17H2,1-2H3,(H2,28,29). The zero-order chi connectivity index (χ0) is 21.8. The average Bonchev–Trinajstić information content (AvgIpc) is 2.77. The van der Waals surface area contributed by atoms with Gasteiger partial charge >= 0.3 is 0 Å². The van der Waals surface area contributed by atoms with Gasteiger partial charge in [0, 0.05) is 11.1 Å². The maximum atomic E-state index is 11.4. The molecule has 0 aliphatic carbocycles. The van der Waals surface area contributed by atoms with Crippen LogP contribution >= 0.6 is 0 Å². The Bertz CT molecular complexity index is 1230. The summed E-state index contributed by atoms with van der Waals surface area (Å²) < 4.78 is 12.2. The van der Waals surface area contributed by atoms with E-state index >= 15 is 0 Å². The van der Waals surface area contributed by atoms with Crippen molar-refractivity contribution in [2.75, 3.05) is 13.2 Å². The molecular weight excluding hydrogens is 386 g/mol. The molecule has 4 heteroatoms. The van der Waals surface area contributed by atoms with Crippen LogP contribution in [0.1, 0.15) is 20.3 Å². The highest BCUT2D eigenvalue weighted by Gasteiger charge is 2.19. The van der Waals surface area contributed by atoms with Gasteiger partial charge in [-0.25, -0.2) is 0 Å². The first-order chi connectivity index (χ1) is 15.0. The monoisotopic (exact) mass is 413 g/mol. The third kappa shape index (κ3) is 4.48. The van der Waals surface area contributed by atoms with Crippen molar-refractivity contribution in [1.82, 2.24) is 0 Å². The van der Waals surface area contributed by atoms with Crippen LogP contribution in [-0.4, -0.2) is 19.1 Å². The van der Waals surface area contributed by atoms with Crippen molar-refractivity contribution in [3.05, 3.63) is 72.8 Å².